The van der Waals surface area contributed by atoms with Gasteiger partial charge in [0.1, 0.15) is 6.54 Å². The molecule has 2 heterocycles. The summed E-state index contributed by atoms with van der Waals surface area (Å²) in [5, 5.41) is 0. The lowest BCUT2D eigenvalue weighted by Crippen LogP contribution is -2.43. The van der Waals surface area contributed by atoms with Crippen molar-refractivity contribution >= 4 is 5.91 Å². The summed E-state index contributed by atoms with van der Waals surface area (Å²) in [6.45, 7) is 5.02. The summed E-state index contributed by atoms with van der Waals surface area (Å²) < 4.78 is 1.27. The number of piperidine rings is 1. The van der Waals surface area contributed by atoms with Gasteiger partial charge >= 0.3 is 5.69 Å². The quantitative estimate of drug-likeness (QED) is 0.920. The van der Waals surface area contributed by atoms with E-state index in [1.54, 1.807) is 6.92 Å². The van der Waals surface area contributed by atoms with E-state index in [0.717, 1.165) is 12.8 Å². The highest BCUT2D eigenvalue weighted by Crippen LogP contribution is 2.27. The van der Waals surface area contributed by atoms with Crippen molar-refractivity contribution < 1.29 is 4.79 Å². The number of aromatic amines is 1. The van der Waals surface area contributed by atoms with E-state index in [1.807, 2.05) is 11.0 Å². The molecule has 1 aromatic heterocycles. The summed E-state index contributed by atoms with van der Waals surface area (Å²) in [5.41, 5.74) is 1.94. The number of carbonyl (C=O) groups is 1. The van der Waals surface area contributed by atoms with E-state index < -0.39 is 11.2 Å². The molecule has 0 aliphatic carbocycles. The number of amides is 1. The first kappa shape index (κ1) is 17.2. The molecule has 1 aliphatic rings. The standard InChI is InChI=1S/C19H23N3O3/c1-13-5-3-6-15(9-13)16-7-4-8-21(11-16)17(23)12-22-10-14(2)18(24)20-19(22)25/h3,5-6,9-10,16H,4,7-8,11-12H2,1-2H3,(H,20,24,25)/t16-/m1/s1. The third-order valence-corrected chi connectivity index (χ3v) is 4.78. The van der Waals surface area contributed by atoms with Gasteiger partial charge < -0.3 is 4.90 Å². The van der Waals surface area contributed by atoms with Crippen LogP contribution in [0.4, 0.5) is 0 Å². The molecule has 1 saturated heterocycles. The van der Waals surface area contributed by atoms with Gasteiger partial charge in [0.2, 0.25) is 5.91 Å². The van der Waals surface area contributed by atoms with Crippen LogP contribution in [0.1, 0.15) is 35.4 Å². The first-order valence-corrected chi connectivity index (χ1v) is 8.59. The van der Waals surface area contributed by atoms with Crippen LogP contribution in [0, 0.1) is 13.8 Å². The number of nitrogens with zero attached hydrogens (tertiary/aromatic N) is 2. The Hall–Kier alpha value is -2.63. The zero-order chi connectivity index (χ0) is 18.0. The second-order valence-electron chi connectivity index (χ2n) is 6.79. The maximum atomic E-state index is 12.6. The Kier molecular flexibility index (Phi) is 4.88. The summed E-state index contributed by atoms with van der Waals surface area (Å²) in [4.78, 5) is 40.0. The minimum absolute atomic E-state index is 0.0447. The smallest absolute Gasteiger partial charge is 0.328 e. The lowest BCUT2D eigenvalue weighted by Gasteiger charge is -2.33. The highest BCUT2D eigenvalue weighted by atomic mass is 16.2. The van der Waals surface area contributed by atoms with Crippen molar-refractivity contribution in [2.75, 3.05) is 13.1 Å². The third-order valence-electron chi connectivity index (χ3n) is 4.78. The molecule has 1 aliphatic heterocycles. The van der Waals surface area contributed by atoms with Gasteiger partial charge in [0.05, 0.1) is 0 Å². The molecule has 1 amide bonds. The molecule has 132 valence electrons. The van der Waals surface area contributed by atoms with Gasteiger partial charge in [0, 0.05) is 30.8 Å². The summed E-state index contributed by atoms with van der Waals surface area (Å²) in [5.74, 6) is 0.234. The molecule has 6 heteroatoms. The Bertz CT molecular complexity index is 897. The number of aryl methyl sites for hydroxylation is 2. The highest BCUT2D eigenvalue weighted by molar-refractivity contribution is 5.76. The van der Waals surface area contributed by atoms with Crippen molar-refractivity contribution in [1.82, 2.24) is 14.5 Å². The molecule has 2 aromatic rings. The van der Waals surface area contributed by atoms with Crippen molar-refractivity contribution in [3.8, 4) is 0 Å². The molecule has 1 aromatic carbocycles. The molecule has 0 radical (unpaired) electrons. The third kappa shape index (κ3) is 3.90. The SMILES string of the molecule is Cc1cccc([C@@H]2CCCN(C(=O)Cn3cc(C)c(=O)[nH]c3=O)C2)c1. The van der Waals surface area contributed by atoms with Crippen LogP contribution in [-0.4, -0.2) is 33.4 Å². The van der Waals surface area contributed by atoms with E-state index >= 15 is 0 Å². The van der Waals surface area contributed by atoms with Crippen molar-refractivity contribution in [2.24, 2.45) is 0 Å². The van der Waals surface area contributed by atoms with Crippen LogP contribution < -0.4 is 11.2 Å². The molecule has 6 nitrogen and oxygen atoms in total. The zero-order valence-electron chi connectivity index (χ0n) is 14.6. The second kappa shape index (κ2) is 7.09. The number of benzene rings is 1. The predicted molar refractivity (Wildman–Crippen MR) is 95.8 cm³/mol. The van der Waals surface area contributed by atoms with Gasteiger partial charge in [-0.25, -0.2) is 4.79 Å². The van der Waals surface area contributed by atoms with Crippen molar-refractivity contribution in [1.29, 1.82) is 0 Å². The molecule has 0 spiro atoms. The summed E-state index contributed by atoms with van der Waals surface area (Å²) in [6.07, 6.45) is 3.45. The Balaban J connectivity index is 1.73. The maximum absolute atomic E-state index is 12.6. The average Bonchev–Trinajstić information content (AvgIpc) is 2.60. The number of likely N-dealkylation sites (tertiary alicyclic amines) is 1. The summed E-state index contributed by atoms with van der Waals surface area (Å²) >= 11 is 0. The number of aromatic nitrogens is 2. The van der Waals surface area contributed by atoms with E-state index in [-0.39, 0.29) is 12.5 Å². The molecular weight excluding hydrogens is 318 g/mol. The van der Waals surface area contributed by atoms with Crippen LogP contribution in [0.15, 0.2) is 40.1 Å². The van der Waals surface area contributed by atoms with Crippen LogP contribution in [0.25, 0.3) is 0 Å². The largest absolute Gasteiger partial charge is 0.341 e. The topological polar surface area (TPSA) is 75.2 Å². The number of H-pyrrole nitrogens is 1. The molecule has 0 bridgehead atoms. The van der Waals surface area contributed by atoms with E-state index in [0.29, 0.717) is 24.6 Å². The number of nitrogens with one attached hydrogen (secondary N) is 1. The van der Waals surface area contributed by atoms with Gasteiger partial charge in [-0.15, -0.1) is 0 Å². The van der Waals surface area contributed by atoms with Crippen molar-refractivity contribution in [2.45, 2.75) is 39.2 Å². The summed E-state index contributed by atoms with van der Waals surface area (Å²) in [7, 11) is 0. The molecular formula is C19H23N3O3. The van der Waals surface area contributed by atoms with E-state index in [2.05, 4.69) is 30.1 Å². The minimum atomic E-state index is -0.545. The fourth-order valence-electron chi connectivity index (χ4n) is 3.38. The zero-order valence-corrected chi connectivity index (χ0v) is 14.6. The van der Waals surface area contributed by atoms with Gasteiger partial charge in [0.15, 0.2) is 0 Å². The maximum Gasteiger partial charge on any atom is 0.328 e. The van der Waals surface area contributed by atoms with Crippen LogP contribution >= 0.6 is 0 Å². The van der Waals surface area contributed by atoms with Crippen molar-refractivity contribution in [3.63, 3.8) is 0 Å². The minimum Gasteiger partial charge on any atom is -0.341 e. The lowest BCUT2D eigenvalue weighted by molar-refractivity contribution is -0.133. The summed E-state index contributed by atoms with van der Waals surface area (Å²) in [6, 6.07) is 8.41. The number of carbonyl (C=O) groups excluding carboxylic acids is 1. The van der Waals surface area contributed by atoms with Crippen LogP contribution in [0.3, 0.4) is 0 Å². The fraction of sp³-hybridized carbons (Fsp3) is 0.421. The van der Waals surface area contributed by atoms with Gasteiger partial charge in [0.25, 0.3) is 5.56 Å². The van der Waals surface area contributed by atoms with Gasteiger partial charge in [-0.3, -0.25) is 19.1 Å². The first-order chi connectivity index (χ1) is 11.9. The monoisotopic (exact) mass is 341 g/mol. The fourth-order valence-corrected chi connectivity index (χ4v) is 3.38. The predicted octanol–water partition coefficient (Wildman–Crippen LogP) is 1.56. The Morgan fingerprint density at radius 3 is 2.84 bits per heavy atom. The normalized spacial score (nSPS) is 17.5. The van der Waals surface area contributed by atoms with Gasteiger partial charge in [-0.2, -0.15) is 0 Å². The number of hydrogen-bond donors (Lipinski definition) is 1. The van der Waals surface area contributed by atoms with Crippen LogP contribution in [0.5, 0.6) is 0 Å². The molecule has 25 heavy (non-hydrogen) atoms. The van der Waals surface area contributed by atoms with Crippen LogP contribution in [0.2, 0.25) is 0 Å². The number of rotatable bonds is 3. The van der Waals surface area contributed by atoms with E-state index in [9.17, 15) is 14.4 Å². The average molecular weight is 341 g/mol. The molecule has 1 fully saturated rings. The number of hydrogen-bond acceptors (Lipinski definition) is 3. The van der Waals surface area contributed by atoms with Crippen LogP contribution in [-0.2, 0) is 11.3 Å². The Labute approximate surface area is 146 Å². The first-order valence-electron chi connectivity index (χ1n) is 8.59. The molecule has 0 saturated carbocycles. The van der Waals surface area contributed by atoms with Crippen molar-refractivity contribution in [3.05, 3.63) is 68.0 Å². The van der Waals surface area contributed by atoms with E-state index in [4.69, 9.17) is 0 Å². The Morgan fingerprint density at radius 2 is 2.08 bits per heavy atom. The van der Waals surface area contributed by atoms with Gasteiger partial charge in [-0.1, -0.05) is 29.8 Å². The Morgan fingerprint density at radius 1 is 1.28 bits per heavy atom. The highest BCUT2D eigenvalue weighted by Gasteiger charge is 2.25. The lowest BCUT2D eigenvalue weighted by atomic mass is 9.90. The molecule has 1 N–H and O–H groups in total. The van der Waals surface area contributed by atoms with Gasteiger partial charge in [-0.05, 0) is 32.3 Å². The molecule has 0 unspecified atom stereocenters. The second-order valence-corrected chi connectivity index (χ2v) is 6.79. The van der Waals surface area contributed by atoms with E-state index in [1.165, 1.54) is 21.9 Å². The molecule has 3 rings (SSSR count). The molecule has 1 atom stereocenters.